The summed E-state index contributed by atoms with van der Waals surface area (Å²) in [7, 11) is 0. The molecule has 0 aliphatic carbocycles. The zero-order valence-electron chi connectivity index (χ0n) is 10.1. The lowest BCUT2D eigenvalue weighted by Gasteiger charge is -2.21. The van der Waals surface area contributed by atoms with E-state index in [0.717, 1.165) is 6.42 Å². The smallest absolute Gasteiger partial charge is 0.146 e. The van der Waals surface area contributed by atoms with Crippen molar-refractivity contribution in [1.82, 2.24) is 5.32 Å². The van der Waals surface area contributed by atoms with Gasteiger partial charge in [0.05, 0.1) is 5.02 Å². The summed E-state index contributed by atoms with van der Waals surface area (Å²) in [6, 6.07) is 5.53. The predicted octanol–water partition coefficient (Wildman–Crippen LogP) is 4.00. The van der Waals surface area contributed by atoms with E-state index in [9.17, 15) is 4.39 Å². The third kappa shape index (κ3) is 3.46. The highest BCUT2D eigenvalue weighted by molar-refractivity contribution is 6.30. The number of benzene rings is 1. The van der Waals surface area contributed by atoms with Crippen LogP contribution in [0.3, 0.4) is 0 Å². The Kier molecular flexibility index (Phi) is 5.23. The van der Waals surface area contributed by atoms with Crippen LogP contribution in [-0.2, 0) is 6.54 Å². The molecule has 0 bridgehead atoms. The van der Waals surface area contributed by atoms with Gasteiger partial charge in [0.15, 0.2) is 0 Å². The summed E-state index contributed by atoms with van der Waals surface area (Å²) in [5.74, 6) is 0.238. The minimum absolute atomic E-state index is 0.192. The minimum atomic E-state index is -0.310. The maximum atomic E-state index is 13.6. The lowest BCUT2D eigenvalue weighted by Crippen LogP contribution is -2.32. The molecule has 1 aromatic carbocycles. The Labute approximate surface area is 102 Å². The third-order valence-electron chi connectivity index (χ3n) is 2.83. The Hall–Kier alpha value is -0.600. The molecule has 0 aromatic heterocycles. The standard InChI is InChI=1S/C13H19ClFN/c1-4-12(9(2)3)16-8-10-6-5-7-11(14)13(10)15/h5-7,9,12,16H,4,8H2,1-3H3. The van der Waals surface area contributed by atoms with Gasteiger partial charge in [0, 0.05) is 18.2 Å². The van der Waals surface area contributed by atoms with Gasteiger partial charge in [0.1, 0.15) is 5.82 Å². The summed E-state index contributed by atoms with van der Waals surface area (Å²) in [5.41, 5.74) is 0.631. The first-order valence-corrected chi connectivity index (χ1v) is 6.10. The quantitative estimate of drug-likeness (QED) is 0.824. The van der Waals surface area contributed by atoms with Crippen LogP contribution in [0.25, 0.3) is 0 Å². The van der Waals surface area contributed by atoms with Gasteiger partial charge in [-0.1, -0.05) is 44.5 Å². The average Bonchev–Trinajstić information content (AvgIpc) is 2.24. The molecular weight excluding hydrogens is 225 g/mol. The van der Waals surface area contributed by atoms with Crippen LogP contribution in [0.2, 0.25) is 5.02 Å². The van der Waals surface area contributed by atoms with Crippen LogP contribution in [0.4, 0.5) is 4.39 Å². The highest BCUT2D eigenvalue weighted by Gasteiger charge is 2.12. The van der Waals surface area contributed by atoms with Crippen LogP contribution in [-0.4, -0.2) is 6.04 Å². The fourth-order valence-electron chi connectivity index (χ4n) is 1.78. The molecule has 1 rings (SSSR count). The lowest BCUT2D eigenvalue weighted by atomic mass is 10.0. The molecule has 0 aliphatic heterocycles. The predicted molar refractivity (Wildman–Crippen MR) is 67.2 cm³/mol. The van der Waals surface area contributed by atoms with Crippen molar-refractivity contribution in [2.24, 2.45) is 5.92 Å². The highest BCUT2D eigenvalue weighted by Crippen LogP contribution is 2.18. The van der Waals surface area contributed by atoms with Crippen molar-refractivity contribution in [2.45, 2.75) is 39.8 Å². The number of rotatable bonds is 5. The Morgan fingerprint density at radius 1 is 1.38 bits per heavy atom. The van der Waals surface area contributed by atoms with Gasteiger partial charge in [-0.05, 0) is 18.4 Å². The zero-order chi connectivity index (χ0) is 12.1. The number of halogens is 2. The summed E-state index contributed by atoms with van der Waals surface area (Å²) in [4.78, 5) is 0. The summed E-state index contributed by atoms with van der Waals surface area (Å²) in [5, 5.41) is 3.55. The van der Waals surface area contributed by atoms with E-state index in [1.165, 1.54) is 0 Å². The van der Waals surface area contributed by atoms with E-state index in [1.807, 2.05) is 0 Å². The molecule has 1 nitrogen and oxygen atoms in total. The molecule has 3 heteroatoms. The molecule has 0 aliphatic rings. The second-order valence-corrected chi connectivity index (χ2v) is 4.76. The van der Waals surface area contributed by atoms with Gasteiger partial charge >= 0.3 is 0 Å². The number of hydrogen-bond donors (Lipinski definition) is 1. The summed E-state index contributed by atoms with van der Waals surface area (Å²) in [6.07, 6.45) is 1.04. The molecule has 0 saturated heterocycles. The van der Waals surface area contributed by atoms with Gasteiger partial charge in [0.25, 0.3) is 0 Å². The van der Waals surface area contributed by atoms with Crippen molar-refractivity contribution in [2.75, 3.05) is 0 Å². The van der Waals surface area contributed by atoms with E-state index in [1.54, 1.807) is 18.2 Å². The number of hydrogen-bond acceptors (Lipinski definition) is 1. The van der Waals surface area contributed by atoms with E-state index in [4.69, 9.17) is 11.6 Å². The molecule has 0 spiro atoms. The molecular formula is C13H19ClFN. The molecule has 1 atom stereocenters. The first kappa shape index (κ1) is 13.5. The van der Waals surface area contributed by atoms with E-state index >= 15 is 0 Å². The lowest BCUT2D eigenvalue weighted by molar-refractivity contribution is 0.384. The molecule has 1 aromatic rings. The molecule has 0 heterocycles. The van der Waals surface area contributed by atoms with Crippen molar-refractivity contribution >= 4 is 11.6 Å². The monoisotopic (exact) mass is 243 g/mol. The van der Waals surface area contributed by atoms with Crippen LogP contribution in [0.15, 0.2) is 18.2 Å². The minimum Gasteiger partial charge on any atom is -0.310 e. The first-order chi connectivity index (χ1) is 7.56. The van der Waals surface area contributed by atoms with Crippen LogP contribution < -0.4 is 5.32 Å². The average molecular weight is 244 g/mol. The Morgan fingerprint density at radius 3 is 2.62 bits per heavy atom. The molecule has 0 radical (unpaired) electrons. The highest BCUT2D eigenvalue weighted by atomic mass is 35.5. The molecule has 0 amide bonds. The van der Waals surface area contributed by atoms with E-state index in [0.29, 0.717) is 24.1 Å². The summed E-state index contributed by atoms with van der Waals surface area (Å²) < 4.78 is 13.6. The summed E-state index contributed by atoms with van der Waals surface area (Å²) >= 11 is 5.72. The van der Waals surface area contributed by atoms with Crippen molar-refractivity contribution in [3.63, 3.8) is 0 Å². The van der Waals surface area contributed by atoms with Crippen molar-refractivity contribution in [3.05, 3.63) is 34.6 Å². The van der Waals surface area contributed by atoms with Gasteiger partial charge < -0.3 is 5.32 Å². The van der Waals surface area contributed by atoms with Crippen LogP contribution >= 0.6 is 11.6 Å². The van der Waals surface area contributed by atoms with Crippen molar-refractivity contribution in [1.29, 1.82) is 0 Å². The van der Waals surface area contributed by atoms with E-state index < -0.39 is 0 Å². The Balaban J connectivity index is 2.64. The SMILES string of the molecule is CCC(NCc1cccc(Cl)c1F)C(C)C. The summed E-state index contributed by atoms with van der Waals surface area (Å²) in [6.45, 7) is 6.99. The van der Waals surface area contributed by atoms with Gasteiger partial charge in [0.2, 0.25) is 0 Å². The van der Waals surface area contributed by atoms with Crippen LogP contribution in [0.1, 0.15) is 32.8 Å². The third-order valence-corrected chi connectivity index (χ3v) is 3.12. The zero-order valence-corrected chi connectivity index (χ0v) is 10.8. The van der Waals surface area contributed by atoms with Gasteiger partial charge in [-0.25, -0.2) is 4.39 Å². The molecule has 16 heavy (non-hydrogen) atoms. The normalized spacial score (nSPS) is 13.1. The Bertz CT molecular complexity index is 339. The van der Waals surface area contributed by atoms with Crippen molar-refractivity contribution in [3.8, 4) is 0 Å². The van der Waals surface area contributed by atoms with Gasteiger partial charge in [-0.3, -0.25) is 0 Å². The van der Waals surface area contributed by atoms with Gasteiger partial charge in [-0.2, -0.15) is 0 Å². The van der Waals surface area contributed by atoms with E-state index in [-0.39, 0.29) is 10.8 Å². The number of nitrogens with one attached hydrogen (secondary N) is 1. The molecule has 1 unspecified atom stereocenters. The van der Waals surface area contributed by atoms with Gasteiger partial charge in [-0.15, -0.1) is 0 Å². The molecule has 1 N–H and O–H groups in total. The second kappa shape index (κ2) is 6.21. The van der Waals surface area contributed by atoms with Crippen molar-refractivity contribution < 1.29 is 4.39 Å². The fourth-order valence-corrected chi connectivity index (χ4v) is 1.97. The van der Waals surface area contributed by atoms with E-state index in [2.05, 4.69) is 26.1 Å². The van der Waals surface area contributed by atoms with Crippen LogP contribution in [0, 0.1) is 11.7 Å². The van der Waals surface area contributed by atoms with Crippen LogP contribution in [0.5, 0.6) is 0 Å². The largest absolute Gasteiger partial charge is 0.310 e. The topological polar surface area (TPSA) is 12.0 Å². The Morgan fingerprint density at radius 2 is 2.06 bits per heavy atom. The second-order valence-electron chi connectivity index (χ2n) is 4.35. The maximum Gasteiger partial charge on any atom is 0.146 e. The molecule has 90 valence electrons. The fraction of sp³-hybridized carbons (Fsp3) is 0.538. The molecule has 0 saturated carbocycles. The first-order valence-electron chi connectivity index (χ1n) is 5.72. The maximum absolute atomic E-state index is 13.6. The molecule has 0 fully saturated rings.